The summed E-state index contributed by atoms with van der Waals surface area (Å²) >= 11 is 6.39. The number of aliphatic hydroxyl groups excluding tert-OH is 1. The zero-order chi connectivity index (χ0) is 29.2. The summed E-state index contributed by atoms with van der Waals surface area (Å²) in [4.78, 5) is 15.6. The molecule has 0 aromatic heterocycles. The fourth-order valence-corrected chi connectivity index (χ4v) is 8.20. The van der Waals surface area contributed by atoms with Crippen LogP contribution in [0.4, 0.5) is 5.69 Å². The quantitative estimate of drug-likeness (QED) is 0.386. The monoisotopic (exact) mass is 602 g/mol. The number of allylic oxidation sites excluding steroid dienone is 4. The van der Waals surface area contributed by atoms with Crippen molar-refractivity contribution in [3.8, 4) is 5.75 Å². The highest BCUT2D eigenvalue weighted by molar-refractivity contribution is 7.90. The third kappa shape index (κ3) is 6.70. The van der Waals surface area contributed by atoms with Gasteiger partial charge in [-0.25, -0.2) is 13.1 Å². The van der Waals surface area contributed by atoms with Gasteiger partial charge in [0, 0.05) is 29.1 Å². The Labute approximate surface area is 249 Å². The van der Waals surface area contributed by atoms with E-state index in [-0.39, 0.29) is 22.8 Å². The van der Waals surface area contributed by atoms with Crippen molar-refractivity contribution in [1.29, 1.82) is 0 Å². The summed E-state index contributed by atoms with van der Waals surface area (Å²) in [5, 5.41) is 11.0. The lowest BCUT2D eigenvalue weighted by atomic mass is 9.69. The first kappa shape index (κ1) is 30.2. The van der Waals surface area contributed by atoms with Crippen LogP contribution in [0, 0.1) is 23.2 Å². The Morgan fingerprint density at radius 2 is 2.02 bits per heavy atom. The number of sulfonamides is 1. The first-order valence-electron chi connectivity index (χ1n) is 15.1. The molecule has 0 spiro atoms. The molecule has 4 aliphatic rings. The smallest absolute Gasteiger partial charge is 0.264 e. The van der Waals surface area contributed by atoms with Crippen molar-refractivity contribution in [3.63, 3.8) is 0 Å². The molecule has 7 nitrogen and oxygen atoms in total. The van der Waals surface area contributed by atoms with E-state index >= 15 is 0 Å². The van der Waals surface area contributed by atoms with Gasteiger partial charge in [0.05, 0.1) is 23.6 Å². The summed E-state index contributed by atoms with van der Waals surface area (Å²) in [6.45, 7) is 5.96. The average molecular weight is 603 g/mol. The summed E-state index contributed by atoms with van der Waals surface area (Å²) in [6, 6.07) is 5.21. The SMILES string of the molecule is CC[C@H]1/C=C/CC[C@H](O)[C@@H]2CC[C@H]2CN2CCCCC3C=C(Cl)C=CC3(C)COc3ccc(cc32)C(=O)NS1(=O)=O. The number of carbonyl (C=O) groups is 1. The number of hydrogen-bond acceptors (Lipinski definition) is 6. The van der Waals surface area contributed by atoms with E-state index in [2.05, 4.69) is 28.7 Å². The molecule has 1 aromatic carbocycles. The lowest BCUT2D eigenvalue weighted by Gasteiger charge is -2.43. The van der Waals surface area contributed by atoms with Crippen LogP contribution in [0.3, 0.4) is 0 Å². The molecule has 9 heteroatoms. The number of amides is 1. The second-order valence-electron chi connectivity index (χ2n) is 12.4. The largest absolute Gasteiger partial charge is 0.490 e. The number of carbonyl (C=O) groups excluding carboxylic acids is 1. The van der Waals surface area contributed by atoms with Gasteiger partial charge in [-0.05, 0) is 87.0 Å². The molecule has 5 rings (SSSR count). The van der Waals surface area contributed by atoms with Gasteiger partial charge in [0.2, 0.25) is 10.0 Å². The number of rotatable bonds is 1. The van der Waals surface area contributed by atoms with Gasteiger partial charge in [-0.3, -0.25) is 4.79 Å². The highest BCUT2D eigenvalue weighted by Crippen LogP contribution is 2.44. The Morgan fingerprint density at radius 3 is 2.78 bits per heavy atom. The fraction of sp³-hybridized carbons (Fsp3) is 0.594. The normalized spacial score (nSPS) is 34.8. The zero-order valence-corrected chi connectivity index (χ0v) is 25.7. The fourth-order valence-electron chi connectivity index (χ4n) is 6.70. The third-order valence-electron chi connectivity index (χ3n) is 9.57. The van der Waals surface area contributed by atoms with E-state index in [1.165, 1.54) is 0 Å². The molecule has 2 heterocycles. The van der Waals surface area contributed by atoms with Gasteiger partial charge in [-0.15, -0.1) is 0 Å². The average Bonchev–Trinajstić information content (AvgIpc) is 2.94. The number of ether oxygens (including phenoxy) is 1. The Kier molecular flexibility index (Phi) is 9.22. The number of hydrogen-bond donors (Lipinski definition) is 2. The van der Waals surface area contributed by atoms with Crippen LogP contribution in [0.1, 0.15) is 75.6 Å². The van der Waals surface area contributed by atoms with Crippen LogP contribution in [0.2, 0.25) is 0 Å². The maximum Gasteiger partial charge on any atom is 0.264 e. The second-order valence-corrected chi connectivity index (χ2v) is 14.7. The Balaban J connectivity index is 1.53. The maximum absolute atomic E-state index is 13.3. The number of benzene rings is 1. The van der Waals surface area contributed by atoms with Crippen LogP contribution < -0.4 is 14.4 Å². The van der Waals surface area contributed by atoms with Crippen molar-refractivity contribution in [2.75, 3.05) is 24.6 Å². The maximum atomic E-state index is 13.3. The molecule has 2 N–H and O–H groups in total. The molecule has 0 radical (unpaired) electrons. The molecular formula is C32H43ClN2O5S. The van der Waals surface area contributed by atoms with Crippen molar-refractivity contribution in [1.82, 2.24) is 4.72 Å². The van der Waals surface area contributed by atoms with Gasteiger partial charge in [0.1, 0.15) is 5.75 Å². The van der Waals surface area contributed by atoms with Crippen LogP contribution in [0.5, 0.6) is 5.75 Å². The minimum absolute atomic E-state index is 0.204. The van der Waals surface area contributed by atoms with Crippen molar-refractivity contribution in [2.24, 2.45) is 23.2 Å². The van der Waals surface area contributed by atoms with Crippen LogP contribution in [-0.4, -0.2) is 50.5 Å². The summed E-state index contributed by atoms with van der Waals surface area (Å²) in [7, 11) is -3.93. The number of nitrogens with zero attached hydrogens (tertiary/aromatic N) is 1. The van der Waals surface area contributed by atoms with Crippen LogP contribution in [-0.2, 0) is 10.0 Å². The van der Waals surface area contributed by atoms with Gasteiger partial charge >= 0.3 is 0 Å². The van der Waals surface area contributed by atoms with E-state index in [0.717, 1.165) is 55.9 Å². The molecule has 2 aliphatic carbocycles. The first-order chi connectivity index (χ1) is 19.6. The molecule has 224 valence electrons. The van der Waals surface area contributed by atoms with E-state index in [1.807, 2.05) is 12.2 Å². The molecule has 2 aliphatic heterocycles. The van der Waals surface area contributed by atoms with Crippen molar-refractivity contribution < 1.29 is 23.1 Å². The minimum Gasteiger partial charge on any atom is -0.490 e. The minimum atomic E-state index is -3.93. The van der Waals surface area contributed by atoms with Crippen molar-refractivity contribution in [2.45, 2.75) is 76.6 Å². The van der Waals surface area contributed by atoms with E-state index in [0.29, 0.717) is 37.5 Å². The lowest BCUT2D eigenvalue weighted by Crippen LogP contribution is -2.44. The van der Waals surface area contributed by atoms with Crippen molar-refractivity contribution in [3.05, 3.63) is 59.2 Å². The van der Waals surface area contributed by atoms with E-state index in [4.69, 9.17) is 16.3 Å². The van der Waals surface area contributed by atoms with Gasteiger partial charge in [0.15, 0.2) is 0 Å². The van der Waals surface area contributed by atoms with Crippen LogP contribution in [0.15, 0.2) is 53.6 Å². The Hall–Kier alpha value is -2.29. The van der Waals surface area contributed by atoms with E-state index < -0.39 is 27.3 Å². The van der Waals surface area contributed by atoms with Gasteiger partial charge in [-0.1, -0.05) is 56.2 Å². The molecule has 1 amide bonds. The second kappa shape index (κ2) is 12.5. The van der Waals surface area contributed by atoms with Crippen LogP contribution >= 0.6 is 11.6 Å². The summed E-state index contributed by atoms with van der Waals surface area (Å²) in [5.74, 6) is 0.833. The third-order valence-corrected chi connectivity index (χ3v) is 11.6. The molecule has 6 atom stereocenters. The number of fused-ring (bicyclic) bond motifs is 3. The predicted octanol–water partition coefficient (Wildman–Crippen LogP) is 5.95. The molecule has 2 unspecified atom stereocenters. The Morgan fingerprint density at radius 1 is 1.20 bits per heavy atom. The van der Waals surface area contributed by atoms with Gasteiger partial charge < -0.3 is 14.7 Å². The lowest BCUT2D eigenvalue weighted by molar-refractivity contribution is 0.0115. The molecule has 1 fully saturated rings. The number of halogens is 1. The summed E-state index contributed by atoms with van der Waals surface area (Å²) in [6.07, 6.45) is 15.8. The van der Waals surface area contributed by atoms with Crippen molar-refractivity contribution >= 4 is 33.2 Å². The highest BCUT2D eigenvalue weighted by atomic mass is 35.5. The van der Waals surface area contributed by atoms with E-state index in [1.54, 1.807) is 31.2 Å². The van der Waals surface area contributed by atoms with Crippen LogP contribution in [0.25, 0.3) is 0 Å². The molecule has 1 saturated carbocycles. The summed E-state index contributed by atoms with van der Waals surface area (Å²) in [5.41, 5.74) is 0.849. The number of nitrogens with one attached hydrogen (secondary N) is 1. The topological polar surface area (TPSA) is 95.9 Å². The number of anilines is 1. The first-order valence-corrected chi connectivity index (χ1v) is 17.0. The predicted molar refractivity (Wildman–Crippen MR) is 164 cm³/mol. The highest BCUT2D eigenvalue weighted by Gasteiger charge is 2.38. The molecule has 1 aromatic rings. The van der Waals surface area contributed by atoms with Gasteiger partial charge in [0.25, 0.3) is 5.91 Å². The molecule has 2 bridgehead atoms. The van der Waals surface area contributed by atoms with E-state index in [9.17, 15) is 18.3 Å². The van der Waals surface area contributed by atoms with Gasteiger partial charge in [-0.2, -0.15) is 0 Å². The standard InChI is InChI=1S/C32H43ClN2O5S/c1-3-26-9-4-5-10-29(36)27-13-11-23(27)20-35-17-7-6-8-24-19-25(33)15-16-32(24,2)21-40-30-14-12-22(18-28(30)35)31(37)34-41(26,38)39/h4,9,12,14-16,18-19,23-24,26-27,29,36H,3,5-8,10-11,13,17,20-21H2,1-2H3,(H,34,37)/b9-4+/t23-,24?,26-,27+,29-,32?/m0/s1. The Bertz CT molecular complexity index is 1330. The zero-order valence-electron chi connectivity index (χ0n) is 24.1. The molecule has 0 saturated heterocycles. The summed E-state index contributed by atoms with van der Waals surface area (Å²) < 4.78 is 35.1. The molecular weight excluding hydrogens is 560 g/mol. The molecule has 41 heavy (non-hydrogen) atoms. The number of aliphatic hydroxyl groups is 1.